The molecule has 0 rings (SSSR count). The minimum Gasteiger partial charge on any atom is -0.300 e. The molecule has 1 nitrogen and oxygen atoms in total. The van der Waals surface area contributed by atoms with Crippen molar-refractivity contribution in [3.05, 3.63) is 0 Å². The molecule has 0 fully saturated rings. The molecule has 0 aliphatic rings. The second kappa shape index (κ2) is 92.9. The van der Waals surface area contributed by atoms with Crippen LogP contribution in [0.5, 0.6) is 0 Å². The first-order chi connectivity index (χ1) is 12.2. The van der Waals surface area contributed by atoms with Gasteiger partial charge in [-0.15, -0.1) is 0 Å². The normalized spacial score (nSPS) is 6.74. The molecule has 0 heterocycles. The molecule has 1 heteroatoms. The van der Waals surface area contributed by atoms with Crippen LogP contribution in [0.3, 0.4) is 0 Å². The second-order valence-electron chi connectivity index (χ2n) is 9.17. The quantitative estimate of drug-likeness (QED) is 0.361. The summed E-state index contributed by atoms with van der Waals surface area (Å²) in [6, 6.07) is 0. The highest BCUT2D eigenvalue weighted by atomic mass is 16.1. The molecule has 0 spiro atoms. The van der Waals surface area contributed by atoms with Crippen molar-refractivity contribution in [2.75, 3.05) is 0 Å². The molecule has 0 aromatic heterocycles. The van der Waals surface area contributed by atoms with Crippen LogP contribution in [0.1, 0.15) is 202 Å². The summed E-state index contributed by atoms with van der Waals surface area (Å²) in [7, 11) is 0. The van der Waals surface area contributed by atoms with Crippen molar-refractivity contribution in [3.8, 4) is 0 Å². The van der Waals surface area contributed by atoms with E-state index in [9.17, 15) is 4.79 Å². The highest BCUT2D eigenvalue weighted by Crippen LogP contribution is 2.01. The van der Waals surface area contributed by atoms with Gasteiger partial charge in [-0.25, -0.2) is 0 Å². The Kier molecular flexibility index (Phi) is 244. The maximum atomic E-state index is 10.6. The van der Waals surface area contributed by atoms with Crippen LogP contribution >= 0.6 is 0 Å². The van der Waals surface area contributed by atoms with Crippen LogP contribution in [0, 0.1) is 23.7 Å². The molecule has 0 amide bonds. The van der Waals surface area contributed by atoms with Crippen LogP contribution in [-0.4, -0.2) is 5.78 Å². The van der Waals surface area contributed by atoms with Gasteiger partial charge in [0.25, 0.3) is 0 Å². The Morgan fingerprint density at radius 1 is 0.457 bits per heavy atom. The first-order valence-corrected chi connectivity index (χ1v) is 11.7. The lowest BCUT2D eigenvalue weighted by Gasteiger charge is -1.98. The van der Waals surface area contributed by atoms with E-state index in [0.29, 0.717) is 18.1 Å². The van der Waals surface area contributed by atoms with Gasteiger partial charge in [0.2, 0.25) is 0 Å². The first kappa shape index (κ1) is 92.0. The molecule has 0 saturated heterocycles. The molecule has 0 radical (unpaired) electrons. The monoisotopic (exact) mass is 519 g/mol. The van der Waals surface area contributed by atoms with Crippen LogP contribution < -0.4 is 0 Å². The molecule has 0 aromatic rings. The minimum absolute atomic E-state index is 0. The fourth-order valence-corrected chi connectivity index (χ4v) is 0.600. The smallest absolute Gasteiger partial charge is 0.132 e. The number of hydrogen-bond acceptors (Lipinski definition) is 1. The number of hydrogen-bond donors (Lipinski definition) is 0. The molecule has 0 bridgehead atoms. The van der Waals surface area contributed by atoms with Gasteiger partial charge < -0.3 is 0 Å². The van der Waals surface area contributed by atoms with E-state index in [-0.39, 0.29) is 59.4 Å². The molecule has 236 valence electrons. The summed E-state index contributed by atoms with van der Waals surface area (Å²) in [6.45, 7) is 34.2. The third-order valence-corrected chi connectivity index (χ3v) is 1.85. The van der Waals surface area contributed by atoms with Gasteiger partial charge in [-0.3, -0.25) is 4.79 Å². The average molecular weight is 519 g/mol. The van der Waals surface area contributed by atoms with Gasteiger partial charge in [-0.05, 0) is 23.7 Å². The van der Waals surface area contributed by atoms with Crippen molar-refractivity contribution in [2.45, 2.75) is 202 Å². The Bertz CT molecular complexity index is 189. The predicted octanol–water partition coefficient (Wildman–Crippen LogP) is 15.3. The molecule has 0 unspecified atom stereocenters. The van der Waals surface area contributed by atoms with Crippen LogP contribution in [0.2, 0.25) is 0 Å². The number of Topliss-reactive ketones (excluding diaryl/α,β-unsaturated/α-hetero) is 1. The van der Waals surface area contributed by atoms with E-state index >= 15 is 0 Å². The Morgan fingerprint density at radius 3 is 0.629 bits per heavy atom. The van der Waals surface area contributed by atoms with E-state index in [1.807, 2.05) is 6.92 Å². The third kappa shape index (κ3) is 574. The van der Waals surface area contributed by atoms with Gasteiger partial charge in [-0.2, -0.15) is 0 Å². The summed E-state index contributed by atoms with van der Waals surface area (Å²) in [6.07, 6.45) is 5.24. The fourth-order valence-electron chi connectivity index (χ4n) is 0.600. The lowest BCUT2D eigenvalue weighted by Crippen LogP contribution is -1.99. The van der Waals surface area contributed by atoms with Crippen molar-refractivity contribution in [2.24, 2.45) is 23.7 Å². The minimum atomic E-state index is 0. The van der Waals surface area contributed by atoms with Crippen LogP contribution in [0.15, 0.2) is 0 Å². The SMILES string of the molecule is C.C.C.C.C.C.C.C.CC(C)C.CC(C)C.CCC.CCC.CCC(=O)CC(C)C.CCC(C)C. The molecule has 0 aliphatic carbocycles. The third-order valence-electron chi connectivity index (χ3n) is 1.85. The van der Waals surface area contributed by atoms with E-state index in [0.717, 1.165) is 24.2 Å². The predicted molar refractivity (Wildman–Crippen MR) is 187 cm³/mol. The molecule has 0 aromatic carbocycles. The average Bonchev–Trinajstić information content (AvgIpc) is 2.47. The summed E-state index contributed by atoms with van der Waals surface area (Å²) in [4.78, 5) is 10.6. The van der Waals surface area contributed by atoms with Gasteiger partial charge in [-0.1, -0.05) is 189 Å². The number of ketones is 1. The van der Waals surface area contributed by atoms with Gasteiger partial charge in [0, 0.05) is 12.8 Å². The summed E-state index contributed by atoms with van der Waals surface area (Å²) in [5.41, 5.74) is 0. The van der Waals surface area contributed by atoms with E-state index in [4.69, 9.17) is 0 Å². The number of rotatable bonds is 4. The Hall–Kier alpha value is -0.330. The Morgan fingerprint density at radius 2 is 0.600 bits per heavy atom. The Balaban J connectivity index is -0.0000000124. The lowest BCUT2D eigenvalue weighted by molar-refractivity contribution is -0.119. The van der Waals surface area contributed by atoms with E-state index in [1.165, 1.54) is 19.3 Å². The zero-order valence-electron chi connectivity index (χ0n) is 22.8. The van der Waals surface area contributed by atoms with Gasteiger partial charge in [0.15, 0.2) is 0 Å². The van der Waals surface area contributed by atoms with Crippen molar-refractivity contribution in [1.82, 2.24) is 0 Å². The van der Waals surface area contributed by atoms with E-state index in [2.05, 4.69) is 104 Å². The number of carbonyl (C=O) groups is 1. The fraction of sp³-hybridized carbons (Fsp3) is 0.971. The summed E-state index contributed by atoms with van der Waals surface area (Å²) in [5, 5.41) is 0. The van der Waals surface area contributed by atoms with Gasteiger partial charge in [0.05, 0.1) is 0 Å². The first-order valence-electron chi connectivity index (χ1n) is 11.7. The van der Waals surface area contributed by atoms with Crippen molar-refractivity contribution < 1.29 is 4.79 Å². The van der Waals surface area contributed by atoms with Crippen LogP contribution in [0.25, 0.3) is 0 Å². The van der Waals surface area contributed by atoms with Crippen LogP contribution in [-0.2, 0) is 4.79 Å². The maximum Gasteiger partial charge on any atom is 0.132 e. The zero-order chi connectivity index (χ0) is 23.4. The molecular formula is C34H94O. The molecule has 35 heavy (non-hydrogen) atoms. The molecule has 0 saturated carbocycles. The maximum absolute atomic E-state index is 10.6. The second-order valence-corrected chi connectivity index (χ2v) is 9.17. The molecule has 0 N–H and O–H groups in total. The summed E-state index contributed by atoms with van der Waals surface area (Å²) >= 11 is 0. The van der Waals surface area contributed by atoms with Gasteiger partial charge in [0.1, 0.15) is 5.78 Å². The van der Waals surface area contributed by atoms with E-state index in [1.54, 1.807) is 0 Å². The van der Waals surface area contributed by atoms with Gasteiger partial charge >= 0.3 is 0 Å². The zero-order valence-corrected chi connectivity index (χ0v) is 22.8. The van der Waals surface area contributed by atoms with Crippen molar-refractivity contribution >= 4 is 5.78 Å². The van der Waals surface area contributed by atoms with Crippen LogP contribution in [0.4, 0.5) is 0 Å². The summed E-state index contributed by atoms with van der Waals surface area (Å²) in [5.74, 6) is 3.46. The summed E-state index contributed by atoms with van der Waals surface area (Å²) < 4.78 is 0. The van der Waals surface area contributed by atoms with E-state index < -0.39 is 0 Å². The highest BCUT2D eigenvalue weighted by molar-refractivity contribution is 5.78. The Labute approximate surface area is 236 Å². The molecule has 0 aliphatic heterocycles. The number of carbonyl (C=O) groups excluding carboxylic acids is 1. The largest absolute Gasteiger partial charge is 0.300 e. The highest BCUT2D eigenvalue weighted by Gasteiger charge is 1.99. The molecule has 0 atom stereocenters. The standard InChI is InChI=1S/C7H14O.C5H12.2C4H10.2C3H8.8CH4/c1-4-7(8)5-6(2)3;1-4-5(2)3;2*1-4(2)3;2*1-3-2;;;;;;;;/h6H,4-5H2,1-3H3;5H,4H2,1-3H3;2*4H,1-3H3;2*3H2,1-2H3;8*1H4. The lowest BCUT2D eigenvalue weighted by atomic mass is 10.1. The topological polar surface area (TPSA) is 17.1 Å². The molecular weight excluding hydrogens is 424 g/mol. The van der Waals surface area contributed by atoms with Crippen molar-refractivity contribution in [3.63, 3.8) is 0 Å². The van der Waals surface area contributed by atoms with Crippen molar-refractivity contribution in [1.29, 1.82) is 0 Å².